The highest BCUT2D eigenvalue weighted by Gasteiger charge is 2.35. The summed E-state index contributed by atoms with van der Waals surface area (Å²) < 4.78 is 6.53. The Morgan fingerprint density at radius 3 is 2.75 bits per heavy atom. The molecule has 0 radical (unpaired) electrons. The Kier molecular flexibility index (Phi) is 8.41. The molecule has 0 unspecified atom stereocenters. The summed E-state index contributed by atoms with van der Waals surface area (Å²) >= 11 is 0. The third-order valence-electron chi connectivity index (χ3n) is 9.38. The maximum Gasteiger partial charge on any atom is 0.246 e. The fourth-order valence-corrected chi connectivity index (χ4v) is 7.16. The Hall–Kier alpha value is -4.60. The summed E-state index contributed by atoms with van der Waals surface area (Å²) in [5.74, 6) is 0.185. The first-order chi connectivity index (χ1) is 21.4. The van der Waals surface area contributed by atoms with Gasteiger partial charge in [0.15, 0.2) is 0 Å². The van der Waals surface area contributed by atoms with Gasteiger partial charge < -0.3 is 24.8 Å². The van der Waals surface area contributed by atoms with E-state index >= 15 is 0 Å². The number of fused-ring (bicyclic) bond motifs is 2. The first kappa shape index (κ1) is 29.5. The van der Waals surface area contributed by atoms with E-state index in [0.29, 0.717) is 44.0 Å². The molecule has 0 bridgehead atoms. The zero-order chi connectivity index (χ0) is 30.8. The maximum atomic E-state index is 12.6. The summed E-state index contributed by atoms with van der Waals surface area (Å²) in [7, 11) is 0. The van der Waals surface area contributed by atoms with Gasteiger partial charge in [-0.2, -0.15) is 10.5 Å². The molecule has 2 fully saturated rings. The van der Waals surface area contributed by atoms with Crippen molar-refractivity contribution in [2.75, 3.05) is 42.5 Å². The van der Waals surface area contributed by atoms with Crippen LogP contribution in [0.5, 0.6) is 5.88 Å². The zero-order valence-electron chi connectivity index (χ0n) is 25.6. The number of nitriles is 2. The van der Waals surface area contributed by atoms with E-state index in [0.717, 1.165) is 42.9 Å². The fourth-order valence-electron chi connectivity index (χ4n) is 7.16. The third-order valence-corrected chi connectivity index (χ3v) is 9.38. The third kappa shape index (κ3) is 5.44. The predicted molar refractivity (Wildman–Crippen MR) is 172 cm³/mol. The van der Waals surface area contributed by atoms with Crippen LogP contribution in [0.15, 0.2) is 49.1 Å². The molecule has 1 amide bonds. The topological polar surface area (TPSA) is 109 Å². The van der Waals surface area contributed by atoms with Crippen molar-refractivity contribution >= 4 is 28.1 Å². The molecule has 1 aromatic heterocycles. The minimum absolute atomic E-state index is 0.156. The number of nitrogens with zero attached hydrogens (tertiary/aromatic N) is 6. The standard InChI is InChI=1S/C35H39N7O2/c1-4-32(43)42-19-18-41(21-26(42)13-15-36)34-27-14-17-40(31-12-6-10-25-9-5-8-23(2)33(25)31)22-30(27)39-35(28(34)20-37)44-24(3)29-11-7-16-38-29/h4-6,8-10,12,24,26,29,38H,1,7,11,13-14,16-19,21-22H2,2-3H3/t24-,26+,29-/m1/s1. The van der Waals surface area contributed by atoms with Crippen LogP contribution in [0.2, 0.25) is 0 Å². The van der Waals surface area contributed by atoms with Gasteiger partial charge in [-0.15, -0.1) is 0 Å². The molecule has 9 heteroatoms. The normalized spacial score (nSPS) is 20.5. The molecule has 3 aromatic rings. The lowest BCUT2D eigenvalue weighted by atomic mass is 9.95. The van der Waals surface area contributed by atoms with Crippen LogP contribution < -0.4 is 19.9 Å². The van der Waals surface area contributed by atoms with Crippen LogP contribution >= 0.6 is 0 Å². The lowest BCUT2D eigenvalue weighted by Gasteiger charge is -2.43. The number of aryl methyl sites for hydroxylation is 1. The number of hydrogen-bond donors (Lipinski definition) is 1. The Morgan fingerprint density at radius 1 is 1.20 bits per heavy atom. The number of rotatable bonds is 7. The Balaban J connectivity index is 1.42. The molecule has 6 rings (SSSR count). The van der Waals surface area contributed by atoms with Crippen molar-refractivity contribution in [3.8, 4) is 18.0 Å². The van der Waals surface area contributed by atoms with Crippen LogP contribution in [0.3, 0.4) is 0 Å². The van der Waals surface area contributed by atoms with Crippen molar-refractivity contribution in [2.45, 2.75) is 64.3 Å². The molecular weight excluding hydrogens is 550 g/mol. The van der Waals surface area contributed by atoms with Crippen LogP contribution in [-0.2, 0) is 17.8 Å². The molecule has 3 aliphatic rings. The van der Waals surface area contributed by atoms with E-state index in [-0.39, 0.29) is 30.5 Å². The van der Waals surface area contributed by atoms with Crippen molar-refractivity contribution < 1.29 is 9.53 Å². The van der Waals surface area contributed by atoms with E-state index < -0.39 is 0 Å². The first-order valence-electron chi connectivity index (χ1n) is 15.6. The second kappa shape index (κ2) is 12.6. The SMILES string of the molecule is C=CC(=O)N1CCN(c2c(C#N)c(O[C@H](C)[C@H]3CCCN3)nc3c2CCN(c2cccc4cccc(C)c24)C3)C[C@@H]1CC#N. The summed E-state index contributed by atoms with van der Waals surface area (Å²) in [6.45, 7) is 11.6. The van der Waals surface area contributed by atoms with Gasteiger partial charge in [-0.25, -0.2) is 4.98 Å². The molecule has 9 nitrogen and oxygen atoms in total. The zero-order valence-corrected chi connectivity index (χ0v) is 25.6. The van der Waals surface area contributed by atoms with Crippen molar-refractivity contribution in [3.63, 3.8) is 0 Å². The van der Waals surface area contributed by atoms with Gasteiger partial charge in [-0.1, -0.05) is 36.9 Å². The Bertz CT molecular complexity index is 1660. The van der Waals surface area contributed by atoms with Gasteiger partial charge in [0, 0.05) is 48.9 Å². The molecule has 1 N–H and O–H groups in total. The number of piperazine rings is 1. The van der Waals surface area contributed by atoms with Gasteiger partial charge in [0.25, 0.3) is 0 Å². The van der Waals surface area contributed by atoms with Gasteiger partial charge in [-0.3, -0.25) is 4.79 Å². The van der Waals surface area contributed by atoms with E-state index in [4.69, 9.17) is 9.72 Å². The number of benzene rings is 2. The molecule has 0 saturated carbocycles. The second-order valence-corrected chi connectivity index (χ2v) is 12.0. The Morgan fingerprint density at radius 2 is 2.02 bits per heavy atom. The molecule has 0 spiro atoms. The van der Waals surface area contributed by atoms with E-state index in [1.165, 1.54) is 28.1 Å². The molecule has 44 heavy (non-hydrogen) atoms. The predicted octanol–water partition coefficient (Wildman–Crippen LogP) is 4.61. The molecule has 2 saturated heterocycles. The number of hydrogen-bond acceptors (Lipinski definition) is 8. The number of amides is 1. The van der Waals surface area contributed by atoms with Crippen molar-refractivity contribution in [1.82, 2.24) is 15.2 Å². The summed E-state index contributed by atoms with van der Waals surface area (Å²) in [5, 5.41) is 26.1. The second-order valence-electron chi connectivity index (χ2n) is 12.0. The summed E-state index contributed by atoms with van der Waals surface area (Å²) in [4.78, 5) is 24.0. The molecule has 3 aliphatic heterocycles. The smallest absolute Gasteiger partial charge is 0.246 e. The molecular formula is C35H39N7O2. The van der Waals surface area contributed by atoms with Gasteiger partial charge in [-0.05, 0) is 62.7 Å². The lowest BCUT2D eigenvalue weighted by Crippen LogP contribution is -2.55. The van der Waals surface area contributed by atoms with E-state index in [1.807, 2.05) is 6.92 Å². The minimum Gasteiger partial charge on any atom is -0.472 e. The number of carbonyl (C=O) groups excluding carboxylic acids is 1. The number of ether oxygens (including phenoxy) is 1. The van der Waals surface area contributed by atoms with E-state index in [1.54, 1.807) is 4.90 Å². The highest BCUT2D eigenvalue weighted by molar-refractivity contribution is 5.97. The van der Waals surface area contributed by atoms with Crippen LogP contribution in [0, 0.1) is 29.6 Å². The molecule has 4 heterocycles. The minimum atomic E-state index is -0.306. The highest BCUT2D eigenvalue weighted by atomic mass is 16.5. The quantitative estimate of drug-likeness (QED) is 0.398. The van der Waals surface area contributed by atoms with E-state index in [9.17, 15) is 15.3 Å². The van der Waals surface area contributed by atoms with Gasteiger partial charge in [0.1, 0.15) is 17.7 Å². The summed E-state index contributed by atoms with van der Waals surface area (Å²) in [6.07, 6.45) is 4.18. The molecule has 2 aromatic carbocycles. The highest BCUT2D eigenvalue weighted by Crippen LogP contribution is 2.40. The molecule has 226 valence electrons. The fraction of sp³-hybridized carbons (Fsp3) is 0.429. The number of pyridine rings is 1. The van der Waals surface area contributed by atoms with Gasteiger partial charge in [0.05, 0.1) is 36.5 Å². The van der Waals surface area contributed by atoms with Crippen LogP contribution in [0.1, 0.15) is 48.6 Å². The van der Waals surface area contributed by atoms with Gasteiger partial charge in [0.2, 0.25) is 11.8 Å². The number of anilines is 2. The van der Waals surface area contributed by atoms with Crippen LogP contribution in [0.25, 0.3) is 10.8 Å². The first-order valence-corrected chi connectivity index (χ1v) is 15.6. The summed E-state index contributed by atoms with van der Waals surface area (Å²) in [5.41, 5.74) is 5.63. The van der Waals surface area contributed by atoms with Crippen LogP contribution in [0.4, 0.5) is 11.4 Å². The average molecular weight is 590 g/mol. The Labute approximate surface area is 259 Å². The van der Waals surface area contributed by atoms with E-state index in [2.05, 4.69) is 77.2 Å². The number of carbonyl (C=O) groups is 1. The lowest BCUT2D eigenvalue weighted by molar-refractivity contribution is -0.128. The summed E-state index contributed by atoms with van der Waals surface area (Å²) in [6, 6.07) is 17.4. The number of nitrogens with one attached hydrogen (secondary N) is 1. The number of aromatic nitrogens is 1. The van der Waals surface area contributed by atoms with Crippen LogP contribution in [-0.4, -0.2) is 66.7 Å². The largest absolute Gasteiger partial charge is 0.472 e. The maximum absolute atomic E-state index is 12.6. The van der Waals surface area contributed by atoms with Crippen molar-refractivity contribution in [1.29, 1.82) is 10.5 Å². The molecule has 0 aliphatic carbocycles. The van der Waals surface area contributed by atoms with Crippen molar-refractivity contribution in [2.24, 2.45) is 0 Å². The van der Waals surface area contributed by atoms with Crippen molar-refractivity contribution in [3.05, 3.63) is 71.4 Å². The average Bonchev–Trinajstić information content (AvgIpc) is 3.59. The molecule has 3 atom stereocenters. The monoisotopic (exact) mass is 589 g/mol. The van der Waals surface area contributed by atoms with Gasteiger partial charge >= 0.3 is 0 Å².